The first-order valence-corrected chi connectivity index (χ1v) is 8.93. The van der Waals surface area contributed by atoms with Crippen LogP contribution in [-0.2, 0) is 4.79 Å². The molecule has 0 fully saturated rings. The first-order valence-electron chi connectivity index (χ1n) is 8.93. The fourth-order valence-electron chi connectivity index (χ4n) is 2.97. The van der Waals surface area contributed by atoms with Crippen LogP contribution in [0.25, 0.3) is 0 Å². The number of nitrogens with one attached hydrogen (secondary N) is 1. The number of hydrogen-bond acceptors (Lipinski definition) is 2. The van der Waals surface area contributed by atoms with Gasteiger partial charge in [0.1, 0.15) is 5.75 Å². The van der Waals surface area contributed by atoms with E-state index in [0.29, 0.717) is 6.42 Å². The number of hydrogen-bond donors (Lipinski definition) is 1. The van der Waals surface area contributed by atoms with Crippen LogP contribution < -0.4 is 10.1 Å². The smallest absolute Gasteiger partial charge is 0.261 e. The van der Waals surface area contributed by atoms with Crippen molar-refractivity contribution in [1.29, 1.82) is 0 Å². The summed E-state index contributed by atoms with van der Waals surface area (Å²) in [4.78, 5) is 12.7. The maximum atomic E-state index is 12.7. The SMILES string of the molecule is CC[C@H](Oc1ccc(C)c(C)c1)C(=O)N[C@@H](C)c1ccc(C)cc1C. The molecule has 134 valence electrons. The summed E-state index contributed by atoms with van der Waals surface area (Å²) in [5.74, 6) is 0.664. The van der Waals surface area contributed by atoms with Crippen LogP contribution >= 0.6 is 0 Å². The lowest BCUT2D eigenvalue weighted by molar-refractivity contribution is -0.128. The molecule has 25 heavy (non-hydrogen) atoms. The monoisotopic (exact) mass is 339 g/mol. The van der Waals surface area contributed by atoms with E-state index in [0.717, 1.165) is 16.9 Å². The molecule has 2 atom stereocenters. The molecular weight excluding hydrogens is 310 g/mol. The summed E-state index contributed by atoms with van der Waals surface area (Å²) < 4.78 is 5.94. The van der Waals surface area contributed by atoms with Gasteiger partial charge in [0, 0.05) is 0 Å². The molecule has 0 aliphatic carbocycles. The van der Waals surface area contributed by atoms with E-state index in [4.69, 9.17) is 4.74 Å². The number of carbonyl (C=O) groups excluding carboxylic acids is 1. The average molecular weight is 339 g/mol. The highest BCUT2D eigenvalue weighted by molar-refractivity contribution is 5.81. The molecule has 2 aromatic carbocycles. The lowest BCUT2D eigenvalue weighted by atomic mass is 10.00. The molecule has 0 heterocycles. The minimum atomic E-state index is -0.490. The zero-order valence-electron chi connectivity index (χ0n) is 16.1. The number of benzene rings is 2. The molecule has 0 aliphatic rings. The summed E-state index contributed by atoms with van der Waals surface area (Å²) in [5, 5.41) is 3.09. The first kappa shape index (κ1) is 19.0. The average Bonchev–Trinajstić information content (AvgIpc) is 2.55. The van der Waals surface area contributed by atoms with E-state index in [1.165, 1.54) is 16.7 Å². The van der Waals surface area contributed by atoms with Crippen molar-refractivity contribution in [3.05, 3.63) is 64.2 Å². The second-order valence-corrected chi connectivity index (χ2v) is 6.85. The number of rotatable bonds is 6. The van der Waals surface area contributed by atoms with E-state index in [1.54, 1.807) is 0 Å². The van der Waals surface area contributed by atoms with Gasteiger partial charge in [-0.25, -0.2) is 0 Å². The fourth-order valence-corrected chi connectivity index (χ4v) is 2.97. The van der Waals surface area contributed by atoms with Gasteiger partial charge in [-0.2, -0.15) is 0 Å². The zero-order valence-corrected chi connectivity index (χ0v) is 16.1. The van der Waals surface area contributed by atoms with Gasteiger partial charge in [0.15, 0.2) is 6.10 Å². The summed E-state index contributed by atoms with van der Waals surface area (Å²) in [6, 6.07) is 12.2. The Hall–Kier alpha value is -2.29. The van der Waals surface area contributed by atoms with E-state index in [2.05, 4.69) is 44.3 Å². The van der Waals surface area contributed by atoms with Crippen molar-refractivity contribution in [3.63, 3.8) is 0 Å². The molecule has 0 spiro atoms. The minimum Gasteiger partial charge on any atom is -0.481 e. The maximum Gasteiger partial charge on any atom is 0.261 e. The van der Waals surface area contributed by atoms with Crippen LogP contribution in [0.3, 0.4) is 0 Å². The molecule has 0 saturated carbocycles. The molecule has 1 amide bonds. The molecule has 3 nitrogen and oxygen atoms in total. The Balaban J connectivity index is 2.07. The Morgan fingerprint density at radius 3 is 2.32 bits per heavy atom. The molecule has 0 aliphatic heterocycles. The fraction of sp³-hybridized carbons (Fsp3) is 0.409. The molecule has 2 aromatic rings. The molecule has 0 aromatic heterocycles. The lowest BCUT2D eigenvalue weighted by Crippen LogP contribution is -2.39. The van der Waals surface area contributed by atoms with Gasteiger partial charge in [-0.15, -0.1) is 0 Å². The van der Waals surface area contributed by atoms with Crippen molar-refractivity contribution in [1.82, 2.24) is 5.32 Å². The Labute approximate surface area is 151 Å². The Bertz CT molecular complexity index is 752. The van der Waals surface area contributed by atoms with Gasteiger partial charge in [0.2, 0.25) is 0 Å². The Morgan fingerprint density at radius 1 is 1.00 bits per heavy atom. The molecule has 0 bridgehead atoms. The third-order valence-electron chi connectivity index (χ3n) is 4.67. The predicted octanol–water partition coefficient (Wildman–Crippen LogP) is 4.96. The highest BCUT2D eigenvalue weighted by Crippen LogP contribution is 2.21. The van der Waals surface area contributed by atoms with E-state index >= 15 is 0 Å². The van der Waals surface area contributed by atoms with Crippen molar-refractivity contribution in [3.8, 4) is 5.75 Å². The predicted molar refractivity (Wildman–Crippen MR) is 103 cm³/mol. The summed E-state index contributed by atoms with van der Waals surface area (Å²) >= 11 is 0. The normalized spacial score (nSPS) is 13.2. The molecular formula is C22H29NO2. The second-order valence-electron chi connectivity index (χ2n) is 6.85. The van der Waals surface area contributed by atoms with Crippen molar-refractivity contribution in [2.24, 2.45) is 0 Å². The molecule has 0 saturated heterocycles. The van der Waals surface area contributed by atoms with Crippen LogP contribution in [0.1, 0.15) is 54.1 Å². The number of ether oxygens (including phenoxy) is 1. The van der Waals surface area contributed by atoms with E-state index in [9.17, 15) is 4.79 Å². The standard InChI is InChI=1S/C22H29NO2/c1-7-21(25-19-10-9-15(3)16(4)13-19)22(24)23-18(6)20-11-8-14(2)12-17(20)5/h8-13,18,21H,7H2,1-6H3,(H,23,24)/t18-,21-/m0/s1. The van der Waals surface area contributed by atoms with Crippen molar-refractivity contribution in [2.45, 2.75) is 60.1 Å². The highest BCUT2D eigenvalue weighted by Gasteiger charge is 2.21. The first-order chi connectivity index (χ1) is 11.8. The van der Waals surface area contributed by atoms with Gasteiger partial charge in [0.25, 0.3) is 5.91 Å². The van der Waals surface area contributed by atoms with Crippen molar-refractivity contribution in [2.75, 3.05) is 0 Å². The topological polar surface area (TPSA) is 38.3 Å². The lowest BCUT2D eigenvalue weighted by Gasteiger charge is -2.22. The van der Waals surface area contributed by atoms with Crippen LogP contribution in [0.4, 0.5) is 0 Å². The largest absolute Gasteiger partial charge is 0.481 e. The Kier molecular flexibility index (Phi) is 6.24. The number of amides is 1. The third kappa shape index (κ3) is 4.85. The molecule has 1 N–H and O–H groups in total. The van der Waals surface area contributed by atoms with Gasteiger partial charge in [-0.3, -0.25) is 4.79 Å². The third-order valence-corrected chi connectivity index (χ3v) is 4.67. The maximum absolute atomic E-state index is 12.7. The van der Waals surface area contributed by atoms with E-state index in [-0.39, 0.29) is 11.9 Å². The van der Waals surface area contributed by atoms with Crippen LogP contribution in [0.15, 0.2) is 36.4 Å². The minimum absolute atomic E-state index is 0.0505. The van der Waals surface area contributed by atoms with Gasteiger partial charge >= 0.3 is 0 Å². The van der Waals surface area contributed by atoms with Crippen LogP contribution in [0.5, 0.6) is 5.75 Å². The second kappa shape index (κ2) is 8.19. The van der Waals surface area contributed by atoms with Crippen LogP contribution in [0, 0.1) is 27.7 Å². The van der Waals surface area contributed by atoms with Gasteiger partial charge in [-0.1, -0.05) is 36.8 Å². The van der Waals surface area contributed by atoms with Crippen molar-refractivity contribution >= 4 is 5.91 Å². The van der Waals surface area contributed by atoms with Gasteiger partial charge in [-0.05, 0) is 75.4 Å². The summed E-state index contributed by atoms with van der Waals surface area (Å²) in [7, 11) is 0. The highest BCUT2D eigenvalue weighted by atomic mass is 16.5. The molecule has 2 rings (SSSR count). The summed E-state index contributed by atoms with van der Waals surface area (Å²) in [6.45, 7) is 12.2. The molecule has 3 heteroatoms. The molecule has 0 unspecified atom stereocenters. The van der Waals surface area contributed by atoms with Gasteiger partial charge in [0.05, 0.1) is 6.04 Å². The van der Waals surface area contributed by atoms with Crippen LogP contribution in [0.2, 0.25) is 0 Å². The summed E-state index contributed by atoms with van der Waals surface area (Å²) in [5.41, 5.74) is 5.94. The number of carbonyl (C=O) groups is 1. The Morgan fingerprint density at radius 2 is 1.72 bits per heavy atom. The quantitative estimate of drug-likeness (QED) is 0.808. The number of aryl methyl sites for hydroxylation is 4. The van der Waals surface area contributed by atoms with Crippen LogP contribution in [-0.4, -0.2) is 12.0 Å². The zero-order chi connectivity index (χ0) is 18.6. The van der Waals surface area contributed by atoms with E-state index in [1.807, 2.05) is 39.0 Å². The van der Waals surface area contributed by atoms with Gasteiger partial charge < -0.3 is 10.1 Å². The van der Waals surface area contributed by atoms with Crippen molar-refractivity contribution < 1.29 is 9.53 Å². The summed E-state index contributed by atoms with van der Waals surface area (Å²) in [6.07, 6.45) is 0.133. The molecule has 0 radical (unpaired) electrons. The van der Waals surface area contributed by atoms with E-state index < -0.39 is 6.10 Å².